The van der Waals surface area contributed by atoms with Gasteiger partial charge in [0.2, 0.25) is 0 Å². The molecule has 1 aromatic rings. The zero-order chi connectivity index (χ0) is 12.2. The van der Waals surface area contributed by atoms with Gasteiger partial charge in [-0.1, -0.05) is 32.4 Å². The van der Waals surface area contributed by atoms with Crippen LogP contribution in [-0.2, 0) is 0 Å². The molecule has 0 aliphatic carbocycles. The molecule has 0 aliphatic rings. The number of hydrogen-bond acceptors (Lipinski definition) is 4. The topological polar surface area (TPSA) is 63.8 Å². The van der Waals surface area contributed by atoms with Gasteiger partial charge in [0.05, 0.1) is 6.20 Å². The zero-order valence-corrected chi connectivity index (χ0v) is 10.8. The highest BCUT2D eigenvalue weighted by Gasteiger charge is 2.15. The molecule has 5 heteroatoms. The van der Waals surface area contributed by atoms with Crippen LogP contribution in [0.1, 0.15) is 27.2 Å². The number of halogens is 1. The number of nitrogens with one attached hydrogen (secondary N) is 1. The first-order valence-corrected chi connectivity index (χ1v) is 5.71. The molecule has 0 radical (unpaired) electrons. The fourth-order valence-electron chi connectivity index (χ4n) is 1.53. The van der Waals surface area contributed by atoms with Crippen LogP contribution in [-0.4, -0.2) is 22.6 Å². The van der Waals surface area contributed by atoms with Gasteiger partial charge in [-0.2, -0.15) is 0 Å². The first kappa shape index (κ1) is 13.2. The Labute approximate surface area is 102 Å². The summed E-state index contributed by atoms with van der Waals surface area (Å²) >= 11 is 5.91. The van der Waals surface area contributed by atoms with Crippen LogP contribution in [0.15, 0.2) is 12.5 Å². The molecule has 16 heavy (non-hydrogen) atoms. The van der Waals surface area contributed by atoms with E-state index in [9.17, 15) is 0 Å². The Morgan fingerprint density at radius 2 is 2.19 bits per heavy atom. The lowest BCUT2D eigenvalue weighted by molar-refractivity contribution is 0.344. The molecule has 1 atom stereocenters. The number of anilines is 1. The third-order valence-electron chi connectivity index (χ3n) is 2.07. The molecule has 0 aliphatic heterocycles. The SMILES string of the molecule is CC(C)(C)CC(N)CNc1ncncc1Cl. The quantitative estimate of drug-likeness (QED) is 0.851. The molecule has 0 spiro atoms. The Hall–Kier alpha value is -0.870. The van der Waals surface area contributed by atoms with Crippen molar-refractivity contribution in [2.75, 3.05) is 11.9 Å². The van der Waals surface area contributed by atoms with Crippen molar-refractivity contribution in [1.82, 2.24) is 9.97 Å². The van der Waals surface area contributed by atoms with Crippen LogP contribution in [0.5, 0.6) is 0 Å². The van der Waals surface area contributed by atoms with Crippen molar-refractivity contribution in [3.05, 3.63) is 17.5 Å². The summed E-state index contributed by atoms with van der Waals surface area (Å²) in [5.41, 5.74) is 6.24. The summed E-state index contributed by atoms with van der Waals surface area (Å²) < 4.78 is 0. The average Bonchev–Trinajstić information content (AvgIpc) is 2.14. The second-order valence-corrected chi connectivity index (χ2v) is 5.53. The standard InChI is InChI=1S/C11H19ClN4/c1-11(2,3)4-8(13)5-15-10-9(12)6-14-7-16-10/h6-8H,4-5,13H2,1-3H3,(H,14,15,16). The lowest BCUT2D eigenvalue weighted by Gasteiger charge is -2.23. The van der Waals surface area contributed by atoms with Gasteiger partial charge in [-0.3, -0.25) is 0 Å². The second kappa shape index (κ2) is 5.46. The lowest BCUT2D eigenvalue weighted by atomic mass is 9.88. The smallest absolute Gasteiger partial charge is 0.148 e. The van der Waals surface area contributed by atoms with E-state index < -0.39 is 0 Å². The van der Waals surface area contributed by atoms with Crippen molar-refractivity contribution in [2.24, 2.45) is 11.1 Å². The Morgan fingerprint density at radius 3 is 2.75 bits per heavy atom. The van der Waals surface area contributed by atoms with E-state index in [2.05, 4.69) is 36.1 Å². The summed E-state index contributed by atoms with van der Waals surface area (Å²) in [6, 6.07) is 0.0889. The fraction of sp³-hybridized carbons (Fsp3) is 0.636. The molecule has 0 amide bonds. The zero-order valence-electron chi connectivity index (χ0n) is 10.00. The predicted octanol–water partition coefficient (Wildman–Crippen LogP) is 2.31. The molecule has 1 rings (SSSR count). The van der Waals surface area contributed by atoms with Gasteiger partial charge >= 0.3 is 0 Å². The molecule has 0 saturated carbocycles. The number of nitrogens with two attached hydrogens (primary N) is 1. The molecule has 1 aromatic heterocycles. The highest BCUT2D eigenvalue weighted by molar-refractivity contribution is 6.32. The Balaban J connectivity index is 2.43. The first-order chi connectivity index (χ1) is 7.38. The normalized spacial score (nSPS) is 13.6. The number of hydrogen-bond donors (Lipinski definition) is 2. The van der Waals surface area contributed by atoms with Crippen LogP contribution >= 0.6 is 11.6 Å². The Morgan fingerprint density at radius 1 is 1.50 bits per heavy atom. The maximum atomic E-state index is 6.01. The van der Waals surface area contributed by atoms with Crippen molar-refractivity contribution in [3.8, 4) is 0 Å². The number of nitrogens with zero attached hydrogens (tertiary/aromatic N) is 2. The van der Waals surface area contributed by atoms with Gasteiger partial charge in [0.15, 0.2) is 0 Å². The summed E-state index contributed by atoms with van der Waals surface area (Å²) in [5.74, 6) is 0.640. The number of aromatic nitrogens is 2. The van der Waals surface area contributed by atoms with Crippen LogP contribution < -0.4 is 11.1 Å². The first-order valence-electron chi connectivity index (χ1n) is 5.33. The molecule has 0 bridgehead atoms. The minimum Gasteiger partial charge on any atom is -0.367 e. The maximum Gasteiger partial charge on any atom is 0.148 e. The van der Waals surface area contributed by atoms with E-state index in [1.165, 1.54) is 6.33 Å². The van der Waals surface area contributed by atoms with Gasteiger partial charge in [-0.15, -0.1) is 0 Å². The minimum atomic E-state index is 0.0889. The molecule has 90 valence electrons. The van der Waals surface area contributed by atoms with Crippen LogP contribution in [0.25, 0.3) is 0 Å². The third kappa shape index (κ3) is 4.77. The molecule has 0 fully saturated rings. The van der Waals surface area contributed by atoms with Gasteiger partial charge in [-0.05, 0) is 11.8 Å². The van der Waals surface area contributed by atoms with E-state index in [-0.39, 0.29) is 11.5 Å². The molecule has 1 heterocycles. The van der Waals surface area contributed by atoms with E-state index in [4.69, 9.17) is 17.3 Å². The number of rotatable bonds is 4. The Kier molecular flexibility index (Phi) is 4.50. The largest absolute Gasteiger partial charge is 0.367 e. The molecule has 0 saturated heterocycles. The molecule has 0 aromatic carbocycles. The van der Waals surface area contributed by atoms with Crippen LogP contribution in [0, 0.1) is 5.41 Å². The summed E-state index contributed by atoms with van der Waals surface area (Å²) in [7, 11) is 0. The molecular formula is C11H19ClN4. The summed E-state index contributed by atoms with van der Waals surface area (Å²) in [6.45, 7) is 7.17. The van der Waals surface area contributed by atoms with Gasteiger partial charge in [0, 0.05) is 12.6 Å². The predicted molar refractivity (Wildman–Crippen MR) is 67.6 cm³/mol. The minimum absolute atomic E-state index is 0.0889. The highest BCUT2D eigenvalue weighted by Crippen LogP contribution is 2.21. The van der Waals surface area contributed by atoms with E-state index in [1.54, 1.807) is 6.20 Å². The average molecular weight is 243 g/mol. The van der Waals surface area contributed by atoms with E-state index in [0.717, 1.165) is 6.42 Å². The fourth-order valence-corrected chi connectivity index (χ4v) is 1.70. The molecule has 4 nitrogen and oxygen atoms in total. The lowest BCUT2D eigenvalue weighted by Crippen LogP contribution is -2.33. The van der Waals surface area contributed by atoms with Crippen molar-refractivity contribution in [1.29, 1.82) is 0 Å². The van der Waals surface area contributed by atoms with Crippen LogP contribution in [0.4, 0.5) is 5.82 Å². The van der Waals surface area contributed by atoms with Gasteiger partial charge in [-0.25, -0.2) is 9.97 Å². The third-order valence-corrected chi connectivity index (χ3v) is 2.35. The van der Waals surface area contributed by atoms with Gasteiger partial charge < -0.3 is 11.1 Å². The molecule has 3 N–H and O–H groups in total. The van der Waals surface area contributed by atoms with Gasteiger partial charge in [0.1, 0.15) is 17.2 Å². The van der Waals surface area contributed by atoms with Crippen LogP contribution in [0.2, 0.25) is 5.02 Å². The van der Waals surface area contributed by atoms with E-state index in [1.807, 2.05) is 0 Å². The van der Waals surface area contributed by atoms with Crippen LogP contribution in [0.3, 0.4) is 0 Å². The Bertz CT molecular complexity index is 335. The monoisotopic (exact) mass is 242 g/mol. The van der Waals surface area contributed by atoms with Gasteiger partial charge in [0.25, 0.3) is 0 Å². The molecule has 1 unspecified atom stereocenters. The summed E-state index contributed by atoms with van der Waals surface area (Å²) in [6.07, 6.45) is 3.97. The van der Waals surface area contributed by atoms with Crippen molar-refractivity contribution < 1.29 is 0 Å². The second-order valence-electron chi connectivity index (χ2n) is 5.13. The molecular weight excluding hydrogens is 224 g/mol. The maximum absolute atomic E-state index is 6.01. The summed E-state index contributed by atoms with van der Waals surface area (Å²) in [4.78, 5) is 7.85. The van der Waals surface area contributed by atoms with E-state index in [0.29, 0.717) is 17.4 Å². The van der Waals surface area contributed by atoms with Crippen molar-refractivity contribution >= 4 is 17.4 Å². The van der Waals surface area contributed by atoms with Crippen molar-refractivity contribution in [2.45, 2.75) is 33.2 Å². The van der Waals surface area contributed by atoms with Crippen molar-refractivity contribution in [3.63, 3.8) is 0 Å². The highest BCUT2D eigenvalue weighted by atomic mass is 35.5. The summed E-state index contributed by atoms with van der Waals surface area (Å²) in [5, 5.41) is 3.65. The van der Waals surface area contributed by atoms with E-state index >= 15 is 0 Å².